The minimum absolute atomic E-state index is 0.0465. The number of carbonyl (C=O) groups is 1. The maximum Gasteiger partial charge on any atom is 0.253 e. The summed E-state index contributed by atoms with van der Waals surface area (Å²) in [6.07, 6.45) is 2.37. The Kier molecular flexibility index (Phi) is 5.85. The molecule has 0 radical (unpaired) electrons. The fourth-order valence-electron chi connectivity index (χ4n) is 3.56. The number of hydrogen-bond donors (Lipinski definition) is 0. The zero-order valence-corrected chi connectivity index (χ0v) is 18.1. The summed E-state index contributed by atoms with van der Waals surface area (Å²) in [6.45, 7) is 1.18. The molecular formula is C24H21N5O2S. The van der Waals surface area contributed by atoms with E-state index >= 15 is 0 Å². The molecule has 3 heterocycles. The van der Waals surface area contributed by atoms with Crippen molar-refractivity contribution in [1.29, 1.82) is 0 Å². The van der Waals surface area contributed by atoms with Gasteiger partial charge in [0.25, 0.3) is 5.91 Å². The van der Waals surface area contributed by atoms with Gasteiger partial charge in [-0.05, 0) is 23.3 Å². The van der Waals surface area contributed by atoms with Crippen LogP contribution in [0.1, 0.15) is 17.5 Å². The van der Waals surface area contributed by atoms with E-state index in [0.29, 0.717) is 29.8 Å². The molecule has 7 nitrogen and oxygen atoms in total. The first-order chi connectivity index (χ1) is 15.8. The van der Waals surface area contributed by atoms with Crippen molar-refractivity contribution in [2.45, 2.75) is 18.1 Å². The highest BCUT2D eigenvalue weighted by atomic mass is 32.2. The number of hydrogen-bond acceptors (Lipinski definition) is 6. The molecular weight excluding hydrogens is 422 g/mol. The van der Waals surface area contributed by atoms with Crippen LogP contribution in [0.25, 0.3) is 11.6 Å². The quantitative estimate of drug-likeness (QED) is 0.398. The smallest absolute Gasteiger partial charge is 0.253 e. The lowest BCUT2D eigenvalue weighted by Crippen LogP contribution is -2.25. The molecule has 8 heteroatoms. The standard InChI is InChI=1S/C24H21N5O2S/c30-22(29-14-13-20(27-29)19-10-5-2-6-11-19)17-32-24-26-25-23(21-12-7-15-31-21)28(24)16-18-8-3-1-4-9-18/h1-12,15H,13-14,16-17H2. The largest absolute Gasteiger partial charge is 0.461 e. The zero-order valence-electron chi connectivity index (χ0n) is 17.3. The summed E-state index contributed by atoms with van der Waals surface area (Å²) < 4.78 is 7.53. The molecule has 0 spiro atoms. The van der Waals surface area contributed by atoms with Crippen LogP contribution < -0.4 is 0 Å². The van der Waals surface area contributed by atoms with E-state index in [9.17, 15) is 4.79 Å². The van der Waals surface area contributed by atoms with Crippen LogP contribution in [0.15, 0.2) is 93.7 Å². The minimum Gasteiger partial charge on any atom is -0.461 e. The Hall–Kier alpha value is -3.65. The van der Waals surface area contributed by atoms with Gasteiger partial charge in [0.1, 0.15) is 0 Å². The number of rotatable bonds is 7. The first-order valence-electron chi connectivity index (χ1n) is 10.3. The van der Waals surface area contributed by atoms with Crippen molar-refractivity contribution in [1.82, 2.24) is 19.8 Å². The van der Waals surface area contributed by atoms with E-state index in [1.807, 2.05) is 65.2 Å². The fraction of sp³-hybridized carbons (Fsp3) is 0.167. The highest BCUT2D eigenvalue weighted by Gasteiger charge is 2.23. The second kappa shape index (κ2) is 9.23. The predicted octanol–water partition coefficient (Wildman–Crippen LogP) is 4.32. The first kappa shape index (κ1) is 20.3. The Morgan fingerprint density at radius 1 is 0.969 bits per heavy atom. The van der Waals surface area contributed by atoms with Crippen LogP contribution in [0, 0.1) is 0 Å². The first-order valence-corrected chi connectivity index (χ1v) is 11.3. The summed E-state index contributed by atoms with van der Waals surface area (Å²) in [7, 11) is 0. The van der Waals surface area contributed by atoms with Crippen molar-refractivity contribution in [3.05, 3.63) is 90.2 Å². The Bertz CT molecular complexity index is 1220. The van der Waals surface area contributed by atoms with Crippen LogP contribution in [-0.4, -0.2) is 43.7 Å². The second-order valence-electron chi connectivity index (χ2n) is 7.32. The number of furan rings is 1. The van der Waals surface area contributed by atoms with Crippen LogP contribution in [0.4, 0.5) is 0 Å². The third kappa shape index (κ3) is 4.36. The molecule has 0 fully saturated rings. The van der Waals surface area contributed by atoms with E-state index in [1.54, 1.807) is 11.3 Å². The number of aromatic nitrogens is 3. The zero-order chi connectivity index (χ0) is 21.8. The molecule has 160 valence electrons. The highest BCUT2D eigenvalue weighted by molar-refractivity contribution is 7.99. The van der Waals surface area contributed by atoms with Gasteiger partial charge in [0.15, 0.2) is 10.9 Å². The average Bonchev–Trinajstić information content (AvgIpc) is 3.60. The van der Waals surface area contributed by atoms with Crippen molar-refractivity contribution in [3.63, 3.8) is 0 Å². The number of thioether (sulfide) groups is 1. The van der Waals surface area contributed by atoms with E-state index in [1.165, 1.54) is 11.8 Å². The number of amides is 1. The third-order valence-corrected chi connectivity index (χ3v) is 6.11. The number of nitrogens with zero attached hydrogens (tertiary/aromatic N) is 5. The summed E-state index contributed by atoms with van der Waals surface area (Å²) in [5.74, 6) is 1.47. The lowest BCUT2D eigenvalue weighted by molar-refractivity contribution is -0.127. The van der Waals surface area contributed by atoms with Gasteiger partial charge < -0.3 is 4.42 Å². The predicted molar refractivity (Wildman–Crippen MR) is 123 cm³/mol. The topological polar surface area (TPSA) is 76.5 Å². The molecule has 2 aromatic carbocycles. The van der Waals surface area contributed by atoms with Gasteiger partial charge in [0, 0.05) is 6.42 Å². The number of hydrazone groups is 1. The van der Waals surface area contributed by atoms with Gasteiger partial charge in [0.05, 0.1) is 30.8 Å². The van der Waals surface area contributed by atoms with Gasteiger partial charge in [-0.2, -0.15) is 5.10 Å². The van der Waals surface area contributed by atoms with Crippen LogP contribution in [0.2, 0.25) is 0 Å². The van der Waals surface area contributed by atoms with Crippen molar-refractivity contribution in [3.8, 4) is 11.6 Å². The summed E-state index contributed by atoms with van der Waals surface area (Å²) in [5.41, 5.74) is 3.11. The molecule has 0 atom stereocenters. The monoisotopic (exact) mass is 443 g/mol. The van der Waals surface area contributed by atoms with Crippen molar-refractivity contribution in [2.24, 2.45) is 5.10 Å². The molecule has 0 aliphatic carbocycles. The van der Waals surface area contributed by atoms with E-state index < -0.39 is 0 Å². The summed E-state index contributed by atoms with van der Waals surface area (Å²) >= 11 is 1.36. The average molecular weight is 444 g/mol. The van der Waals surface area contributed by atoms with Gasteiger partial charge in [-0.25, -0.2) is 5.01 Å². The summed E-state index contributed by atoms with van der Waals surface area (Å²) in [5, 5.41) is 15.4. The third-order valence-electron chi connectivity index (χ3n) is 5.16. The molecule has 32 heavy (non-hydrogen) atoms. The maximum atomic E-state index is 12.8. The van der Waals surface area contributed by atoms with E-state index in [0.717, 1.165) is 23.3 Å². The lowest BCUT2D eigenvalue weighted by Gasteiger charge is -2.12. The second-order valence-corrected chi connectivity index (χ2v) is 8.27. The SMILES string of the molecule is O=C(CSc1nnc(-c2ccco2)n1Cc1ccccc1)N1CCC(c2ccccc2)=N1. The molecule has 1 amide bonds. The highest BCUT2D eigenvalue weighted by Crippen LogP contribution is 2.26. The molecule has 5 rings (SSSR count). The van der Waals surface area contributed by atoms with E-state index in [-0.39, 0.29) is 11.7 Å². The maximum absolute atomic E-state index is 12.8. The minimum atomic E-state index is -0.0465. The molecule has 0 bridgehead atoms. The van der Waals surface area contributed by atoms with Crippen molar-refractivity contribution in [2.75, 3.05) is 12.3 Å². The Morgan fingerprint density at radius 2 is 1.75 bits per heavy atom. The Balaban J connectivity index is 1.32. The van der Waals surface area contributed by atoms with E-state index in [4.69, 9.17) is 4.42 Å². The lowest BCUT2D eigenvalue weighted by atomic mass is 10.1. The van der Waals surface area contributed by atoms with Crippen molar-refractivity contribution >= 4 is 23.4 Å². The van der Waals surface area contributed by atoms with E-state index in [2.05, 4.69) is 27.4 Å². The molecule has 2 aromatic heterocycles. The normalized spacial score (nSPS) is 13.4. The molecule has 4 aromatic rings. The van der Waals surface area contributed by atoms with Gasteiger partial charge in [-0.3, -0.25) is 9.36 Å². The molecule has 0 saturated heterocycles. The van der Waals surface area contributed by atoms with Gasteiger partial charge in [0.2, 0.25) is 5.82 Å². The molecule has 0 N–H and O–H groups in total. The molecule has 1 aliphatic rings. The fourth-order valence-corrected chi connectivity index (χ4v) is 4.37. The number of benzene rings is 2. The van der Waals surface area contributed by atoms with Gasteiger partial charge >= 0.3 is 0 Å². The number of carbonyl (C=O) groups excluding carboxylic acids is 1. The molecule has 0 saturated carbocycles. The Morgan fingerprint density at radius 3 is 2.50 bits per heavy atom. The van der Waals surface area contributed by atoms with Crippen LogP contribution in [-0.2, 0) is 11.3 Å². The molecule has 1 aliphatic heterocycles. The van der Waals surface area contributed by atoms with Crippen LogP contribution in [0.5, 0.6) is 0 Å². The van der Waals surface area contributed by atoms with Crippen LogP contribution >= 0.6 is 11.8 Å². The van der Waals surface area contributed by atoms with Crippen molar-refractivity contribution < 1.29 is 9.21 Å². The summed E-state index contributed by atoms with van der Waals surface area (Å²) in [6, 6.07) is 23.7. The van der Waals surface area contributed by atoms with Gasteiger partial charge in [-0.15, -0.1) is 10.2 Å². The van der Waals surface area contributed by atoms with Gasteiger partial charge in [-0.1, -0.05) is 72.4 Å². The summed E-state index contributed by atoms with van der Waals surface area (Å²) in [4.78, 5) is 12.8. The van der Waals surface area contributed by atoms with Crippen LogP contribution in [0.3, 0.4) is 0 Å². The Labute approximate surface area is 189 Å². The molecule has 0 unspecified atom stereocenters.